The largest absolute Gasteiger partial charge is 0.493 e. The van der Waals surface area contributed by atoms with E-state index in [0.717, 1.165) is 0 Å². The first kappa shape index (κ1) is 15.6. The SMILES string of the molecule is COc1ccc(C(=O)NOCC(=O)O)c(OC)c1OC. The van der Waals surface area contributed by atoms with E-state index < -0.39 is 18.5 Å². The third-order valence-electron chi connectivity index (χ3n) is 2.31. The van der Waals surface area contributed by atoms with Crippen molar-refractivity contribution in [2.24, 2.45) is 0 Å². The zero-order valence-electron chi connectivity index (χ0n) is 11.3. The van der Waals surface area contributed by atoms with E-state index in [1.165, 1.54) is 33.5 Å². The topological polar surface area (TPSA) is 103 Å². The molecule has 20 heavy (non-hydrogen) atoms. The molecule has 0 spiro atoms. The van der Waals surface area contributed by atoms with Gasteiger partial charge in [-0.15, -0.1) is 0 Å². The molecule has 1 aromatic carbocycles. The van der Waals surface area contributed by atoms with Gasteiger partial charge in [0.2, 0.25) is 5.75 Å². The van der Waals surface area contributed by atoms with Gasteiger partial charge in [-0.05, 0) is 12.1 Å². The van der Waals surface area contributed by atoms with E-state index in [9.17, 15) is 9.59 Å². The second-order valence-electron chi connectivity index (χ2n) is 3.50. The van der Waals surface area contributed by atoms with E-state index in [4.69, 9.17) is 19.3 Å². The highest BCUT2D eigenvalue weighted by molar-refractivity contribution is 5.97. The van der Waals surface area contributed by atoms with Gasteiger partial charge in [-0.25, -0.2) is 10.3 Å². The third kappa shape index (κ3) is 3.51. The number of amides is 1. The Morgan fingerprint density at radius 1 is 1.10 bits per heavy atom. The second kappa shape index (κ2) is 7.19. The molecule has 1 amide bonds. The minimum Gasteiger partial charge on any atom is -0.493 e. The van der Waals surface area contributed by atoms with Gasteiger partial charge < -0.3 is 19.3 Å². The predicted molar refractivity (Wildman–Crippen MR) is 67.2 cm³/mol. The number of hydroxylamine groups is 1. The molecular formula is C12H15NO7. The number of nitrogens with one attached hydrogen (secondary N) is 1. The van der Waals surface area contributed by atoms with Crippen molar-refractivity contribution >= 4 is 11.9 Å². The van der Waals surface area contributed by atoms with Crippen LogP contribution in [-0.4, -0.2) is 44.9 Å². The quantitative estimate of drug-likeness (QED) is 0.701. The average molecular weight is 285 g/mol. The molecule has 0 atom stereocenters. The Hall–Kier alpha value is -2.48. The molecule has 8 heteroatoms. The second-order valence-corrected chi connectivity index (χ2v) is 3.50. The molecule has 1 aromatic rings. The summed E-state index contributed by atoms with van der Waals surface area (Å²) < 4.78 is 15.3. The van der Waals surface area contributed by atoms with Crippen LogP contribution in [0.3, 0.4) is 0 Å². The lowest BCUT2D eigenvalue weighted by atomic mass is 10.1. The lowest BCUT2D eigenvalue weighted by molar-refractivity contribution is -0.144. The summed E-state index contributed by atoms with van der Waals surface area (Å²) in [5.74, 6) is -1.06. The number of carboxylic acid groups (broad SMARTS) is 1. The lowest BCUT2D eigenvalue weighted by Crippen LogP contribution is -2.27. The highest BCUT2D eigenvalue weighted by Crippen LogP contribution is 2.39. The van der Waals surface area contributed by atoms with Crippen molar-refractivity contribution in [1.29, 1.82) is 0 Å². The van der Waals surface area contributed by atoms with Gasteiger partial charge >= 0.3 is 5.97 Å². The molecule has 0 unspecified atom stereocenters. The Bertz CT molecular complexity index is 501. The maximum absolute atomic E-state index is 11.9. The predicted octanol–water partition coefficient (Wildman–Crippen LogP) is 0.458. The van der Waals surface area contributed by atoms with Gasteiger partial charge in [0, 0.05) is 0 Å². The first-order valence-corrected chi connectivity index (χ1v) is 5.48. The summed E-state index contributed by atoms with van der Waals surface area (Å²) in [5.41, 5.74) is 2.12. The van der Waals surface area contributed by atoms with Crippen LogP contribution in [0.4, 0.5) is 0 Å². The number of hydrogen-bond donors (Lipinski definition) is 2. The lowest BCUT2D eigenvalue weighted by Gasteiger charge is -2.15. The Labute approximate surface area is 115 Å². The minimum atomic E-state index is -1.20. The highest BCUT2D eigenvalue weighted by atomic mass is 16.7. The molecule has 0 aliphatic carbocycles. The molecule has 2 N–H and O–H groups in total. The van der Waals surface area contributed by atoms with Crippen molar-refractivity contribution in [1.82, 2.24) is 5.48 Å². The molecule has 1 rings (SSSR count). The number of carbonyl (C=O) groups is 2. The van der Waals surface area contributed by atoms with Crippen molar-refractivity contribution in [2.45, 2.75) is 0 Å². The van der Waals surface area contributed by atoms with E-state index >= 15 is 0 Å². The molecular weight excluding hydrogens is 270 g/mol. The fraction of sp³-hybridized carbons (Fsp3) is 0.333. The fourth-order valence-electron chi connectivity index (χ4n) is 1.50. The van der Waals surface area contributed by atoms with Crippen molar-refractivity contribution in [2.75, 3.05) is 27.9 Å². The molecule has 0 aromatic heterocycles. The number of hydrogen-bond acceptors (Lipinski definition) is 6. The smallest absolute Gasteiger partial charge is 0.332 e. The summed E-state index contributed by atoms with van der Waals surface area (Å²) in [6, 6.07) is 2.97. The zero-order chi connectivity index (χ0) is 15.1. The number of carboxylic acids is 1. The molecule has 0 saturated carbocycles. The van der Waals surface area contributed by atoms with Gasteiger partial charge in [-0.1, -0.05) is 0 Å². The molecule has 8 nitrogen and oxygen atoms in total. The first-order valence-electron chi connectivity index (χ1n) is 5.48. The number of methoxy groups -OCH3 is 3. The van der Waals surface area contributed by atoms with Crippen molar-refractivity contribution in [3.63, 3.8) is 0 Å². The van der Waals surface area contributed by atoms with Crippen molar-refractivity contribution in [3.8, 4) is 17.2 Å². The van der Waals surface area contributed by atoms with Gasteiger partial charge in [0.15, 0.2) is 18.1 Å². The highest BCUT2D eigenvalue weighted by Gasteiger charge is 2.20. The fourth-order valence-corrected chi connectivity index (χ4v) is 1.50. The van der Waals surface area contributed by atoms with E-state index in [1.54, 1.807) is 0 Å². The molecule has 0 heterocycles. The van der Waals surface area contributed by atoms with Crippen LogP contribution in [0.5, 0.6) is 17.2 Å². The Kier molecular flexibility index (Phi) is 5.60. The van der Waals surface area contributed by atoms with Crippen LogP contribution in [0.2, 0.25) is 0 Å². The van der Waals surface area contributed by atoms with E-state index in [1.807, 2.05) is 5.48 Å². The number of carbonyl (C=O) groups excluding carboxylic acids is 1. The minimum absolute atomic E-state index is 0.121. The summed E-state index contributed by atoms with van der Waals surface area (Å²) in [6.07, 6.45) is 0. The van der Waals surface area contributed by atoms with Crippen molar-refractivity contribution < 1.29 is 33.7 Å². The average Bonchev–Trinajstić information content (AvgIpc) is 2.44. The van der Waals surface area contributed by atoms with Gasteiger partial charge in [0.1, 0.15) is 0 Å². The molecule has 0 radical (unpaired) electrons. The molecule has 0 fully saturated rings. The maximum atomic E-state index is 11.9. The summed E-state index contributed by atoms with van der Waals surface area (Å²) >= 11 is 0. The molecule has 0 aliphatic heterocycles. The summed E-state index contributed by atoms with van der Waals surface area (Å²) in [5, 5.41) is 8.41. The monoisotopic (exact) mass is 285 g/mol. The van der Waals surface area contributed by atoms with Crippen LogP contribution >= 0.6 is 0 Å². The van der Waals surface area contributed by atoms with Crippen LogP contribution in [-0.2, 0) is 9.63 Å². The zero-order valence-corrected chi connectivity index (χ0v) is 11.3. The molecule has 0 bridgehead atoms. The number of ether oxygens (including phenoxy) is 3. The summed E-state index contributed by atoms with van der Waals surface area (Å²) in [7, 11) is 4.22. The molecule has 0 aliphatic rings. The maximum Gasteiger partial charge on any atom is 0.332 e. The van der Waals surface area contributed by atoms with Crippen LogP contribution in [0.1, 0.15) is 10.4 Å². The molecule has 110 valence electrons. The van der Waals surface area contributed by atoms with Crippen LogP contribution < -0.4 is 19.7 Å². The van der Waals surface area contributed by atoms with Crippen LogP contribution in [0.25, 0.3) is 0 Å². The van der Waals surface area contributed by atoms with E-state index in [2.05, 4.69) is 4.84 Å². The Morgan fingerprint density at radius 2 is 1.75 bits per heavy atom. The summed E-state index contributed by atoms with van der Waals surface area (Å²) in [6.45, 7) is -0.651. The van der Waals surface area contributed by atoms with Crippen molar-refractivity contribution in [3.05, 3.63) is 17.7 Å². The van der Waals surface area contributed by atoms with E-state index in [0.29, 0.717) is 5.75 Å². The normalized spacial score (nSPS) is 9.75. The number of benzene rings is 1. The van der Waals surface area contributed by atoms with E-state index in [-0.39, 0.29) is 17.1 Å². The Balaban J connectivity index is 2.99. The van der Waals surface area contributed by atoms with Gasteiger partial charge in [-0.3, -0.25) is 9.63 Å². The number of aliphatic carboxylic acids is 1. The summed E-state index contributed by atoms with van der Waals surface area (Å²) in [4.78, 5) is 26.7. The van der Waals surface area contributed by atoms with Gasteiger partial charge in [0.25, 0.3) is 5.91 Å². The van der Waals surface area contributed by atoms with Gasteiger partial charge in [0.05, 0.1) is 26.9 Å². The standard InChI is InChI=1S/C12H15NO7/c1-17-8-5-4-7(10(18-2)11(8)19-3)12(16)13-20-6-9(14)15/h4-5H,6H2,1-3H3,(H,13,16)(H,14,15). The van der Waals surface area contributed by atoms with Crippen LogP contribution in [0, 0.1) is 0 Å². The van der Waals surface area contributed by atoms with Crippen LogP contribution in [0.15, 0.2) is 12.1 Å². The first-order chi connectivity index (χ1) is 9.54. The number of rotatable bonds is 7. The molecule has 0 saturated heterocycles. The Morgan fingerprint density at radius 3 is 2.25 bits per heavy atom. The van der Waals surface area contributed by atoms with Gasteiger partial charge in [-0.2, -0.15) is 0 Å². The third-order valence-corrected chi connectivity index (χ3v) is 2.31.